The molecule has 1 aromatic heterocycles. The number of benzene rings is 1. The Morgan fingerprint density at radius 2 is 2.17 bits per heavy atom. The van der Waals surface area contributed by atoms with Crippen molar-refractivity contribution in [2.45, 2.75) is 45.6 Å². The van der Waals surface area contributed by atoms with Crippen LogP contribution >= 0.6 is 0 Å². The highest BCUT2D eigenvalue weighted by Crippen LogP contribution is 2.26. The monoisotopic (exact) mass is 249 g/mol. The number of hydrogen-bond donors (Lipinski definition) is 1. The number of unbranched alkanes of at least 4 members (excludes halogenated alkanes) is 2. The van der Waals surface area contributed by atoms with Gasteiger partial charge < -0.3 is 10.3 Å². The Bertz CT molecular complexity index is 533. The van der Waals surface area contributed by atoms with Gasteiger partial charge in [-0.25, -0.2) is 9.37 Å². The molecule has 3 nitrogen and oxygen atoms in total. The van der Waals surface area contributed by atoms with Gasteiger partial charge in [0.25, 0.3) is 0 Å². The first-order chi connectivity index (χ1) is 8.63. The number of nitrogens with two attached hydrogens (primary N) is 1. The summed E-state index contributed by atoms with van der Waals surface area (Å²) < 4.78 is 15.3. The van der Waals surface area contributed by atoms with E-state index in [2.05, 4.69) is 18.8 Å². The molecule has 4 heteroatoms. The minimum absolute atomic E-state index is 0.246. The smallest absolute Gasteiger partial charge is 0.201 e. The maximum absolute atomic E-state index is 13.3. The third-order valence-corrected chi connectivity index (χ3v) is 3.35. The number of aromatic nitrogens is 2. The molecule has 98 valence electrons. The summed E-state index contributed by atoms with van der Waals surface area (Å²) in [6.45, 7) is 4.29. The lowest BCUT2D eigenvalue weighted by Crippen LogP contribution is -2.09. The fourth-order valence-corrected chi connectivity index (χ4v) is 2.37. The van der Waals surface area contributed by atoms with Crippen LogP contribution in [-0.4, -0.2) is 9.55 Å². The summed E-state index contributed by atoms with van der Waals surface area (Å²) in [6.07, 6.45) is 4.61. The number of hydrogen-bond acceptors (Lipinski definition) is 2. The molecule has 2 aromatic rings. The molecule has 0 radical (unpaired) electrons. The van der Waals surface area contributed by atoms with Crippen LogP contribution in [0.3, 0.4) is 0 Å². The van der Waals surface area contributed by atoms with Crippen LogP contribution in [0, 0.1) is 5.82 Å². The second-order valence-electron chi connectivity index (χ2n) is 4.82. The molecule has 0 aliphatic carbocycles. The summed E-state index contributed by atoms with van der Waals surface area (Å²) in [6, 6.07) is 4.86. The molecule has 1 unspecified atom stereocenters. The van der Waals surface area contributed by atoms with E-state index in [1.165, 1.54) is 25.0 Å². The van der Waals surface area contributed by atoms with Crippen LogP contribution in [0.5, 0.6) is 0 Å². The molecule has 0 bridgehead atoms. The normalized spacial score (nSPS) is 13.1. The van der Waals surface area contributed by atoms with Crippen molar-refractivity contribution in [1.82, 2.24) is 9.55 Å². The molecule has 1 aromatic carbocycles. The molecule has 2 N–H and O–H groups in total. The number of nitrogen functional groups attached to an aromatic ring is 1. The van der Waals surface area contributed by atoms with Crippen LogP contribution < -0.4 is 5.73 Å². The first-order valence-electron chi connectivity index (χ1n) is 6.56. The molecule has 1 atom stereocenters. The molecular weight excluding hydrogens is 229 g/mol. The largest absolute Gasteiger partial charge is 0.369 e. The Balaban J connectivity index is 2.30. The Kier molecular flexibility index (Phi) is 3.84. The number of fused-ring (bicyclic) bond motifs is 1. The number of imidazole rings is 1. The van der Waals surface area contributed by atoms with Crippen molar-refractivity contribution in [2.75, 3.05) is 5.73 Å². The van der Waals surface area contributed by atoms with E-state index >= 15 is 0 Å². The standard InChI is InChI=1S/C14H20FN3/c1-3-4-5-6-10(2)18-13-9-11(15)7-8-12(13)17-14(18)16/h7-10H,3-6H2,1-2H3,(H2,16,17). The summed E-state index contributed by atoms with van der Waals surface area (Å²) >= 11 is 0. The summed E-state index contributed by atoms with van der Waals surface area (Å²) in [5, 5.41) is 0. The predicted molar refractivity (Wildman–Crippen MR) is 73.0 cm³/mol. The summed E-state index contributed by atoms with van der Waals surface area (Å²) in [4.78, 5) is 4.28. The Morgan fingerprint density at radius 1 is 1.39 bits per heavy atom. The average Bonchev–Trinajstić information content (AvgIpc) is 2.64. The Labute approximate surface area is 107 Å². The van der Waals surface area contributed by atoms with Crippen molar-refractivity contribution in [1.29, 1.82) is 0 Å². The maximum atomic E-state index is 13.3. The number of nitrogens with zero attached hydrogens (tertiary/aromatic N) is 2. The molecule has 0 aliphatic heterocycles. The van der Waals surface area contributed by atoms with Crippen molar-refractivity contribution in [3.8, 4) is 0 Å². The van der Waals surface area contributed by atoms with E-state index in [4.69, 9.17) is 5.73 Å². The van der Waals surface area contributed by atoms with Crippen molar-refractivity contribution in [2.24, 2.45) is 0 Å². The average molecular weight is 249 g/mol. The van der Waals surface area contributed by atoms with Crippen LogP contribution in [0.15, 0.2) is 18.2 Å². The van der Waals surface area contributed by atoms with E-state index in [0.717, 1.165) is 23.9 Å². The highest BCUT2D eigenvalue weighted by atomic mass is 19.1. The SMILES string of the molecule is CCCCCC(C)n1c(N)nc2ccc(F)cc21. The predicted octanol–water partition coefficient (Wildman–Crippen LogP) is 3.90. The topological polar surface area (TPSA) is 43.8 Å². The van der Waals surface area contributed by atoms with Crippen LogP contribution in [0.4, 0.5) is 10.3 Å². The third kappa shape index (κ3) is 2.47. The van der Waals surface area contributed by atoms with Gasteiger partial charge in [-0.3, -0.25) is 0 Å². The minimum atomic E-state index is -0.246. The lowest BCUT2D eigenvalue weighted by Gasteiger charge is -2.15. The van der Waals surface area contributed by atoms with Gasteiger partial charge in [0.15, 0.2) is 0 Å². The quantitative estimate of drug-likeness (QED) is 0.817. The molecule has 0 spiro atoms. The van der Waals surface area contributed by atoms with Crippen LogP contribution in [0.1, 0.15) is 45.6 Å². The third-order valence-electron chi connectivity index (χ3n) is 3.35. The van der Waals surface area contributed by atoms with Crippen LogP contribution in [-0.2, 0) is 0 Å². The van der Waals surface area contributed by atoms with E-state index in [0.29, 0.717) is 5.95 Å². The Hall–Kier alpha value is -1.58. The zero-order valence-corrected chi connectivity index (χ0v) is 11.0. The minimum Gasteiger partial charge on any atom is -0.369 e. The molecule has 0 saturated carbocycles. The van der Waals surface area contributed by atoms with Gasteiger partial charge in [0.2, 0.25) is 5.95 Å². The van der Waals surface area contributed by atoms with Gasteiger partial charge in [0.05, 0.1) is 11.0 Å². The van der Waals surface area contributed by atoms with Crippen molar-refractivity contribution < 1.29 is 4.39 Å². The van der Waals surface area contributed by atoms with E-state index < -0.39 is 0 Å². The second kappa shape index (κ2) is 5.38. The molecule has 0 fully saturated rings. The molecule has 2 rings (SSSR count). The molecule has 1 heterocycles. The van der Waals surface area contributed by atoms with E-state index in [-0.39, 0.29) is 11.9 Å². The number of halogens is 1. The lowest BCUT2D eigenvalue weighted by atomic mass is 10.1. The van der Waals surface area contributed by atoms with Crippen LogP contribution in [0.2, 0.25) is 0 Å². The van der Waals surface area contributed by atoms with E-state index in [9.17, 15) is 4.39 Å². The molecular formula is C14H20FN3. The zero-order chi connectivity index (χ0) is 13.1. The van der Waals surface area contributed by atoms with Crippen LogP contribution in [0.25, 0.3) is 11.0 Å². The van der Waals surface area contributed by atoms with Crippen molar-refractivity contribution in [3.63, 3.8) is 0 Å². The summed E-state index contributed by atoms with van der Waals surface area (Å²) in [5.41, 5.74) is 7.49. The molecule has 0 aliphatic rings. The number of anilines is 1. The Morgan fingerprint density at radius 3 is 2.89 bits per heavy atom. The first kappa shape index (κ1) is 12.9. The van der Waals surface area contributed by atoms with Gasteiger partial charge in [-0.05, 0) is 31.5 Å². The summed E-state index contributed by atoms with van der Waals surface area (Å²) in [5.74, 6) is 0.226. The summed E-state index contributed by atoms with van der Waals surface area (Å²) in [7, 11) is 0. The highest BCUT2D eigenvalue weighted by Gasteiger charge is 2.14. The second-order valence-corrected chi connectivity index (χ2v) is 4.82. The van der Waals surface area contributed by atoms with Crippen molar-refractivity contribution in [3.05, 3.63) is 24.0 Å². The van der Waals surface area contributed by atoms with Gasteiger partial charge >= 0.3 is 0 Å². The van der Waals surface area contributed by atoms with Gasteiger partial charge in [-0.15, -0.1) is 0 Å². The van der Waals surface area contributed by atoms with Gasteiger partial charge in [-0.1, -0.05) is 26.2 Å². The number of rotatable bonds is 5. The molecule has 18 heavy (non-hydrogen) atoms. The van der Waals surface area contributed by atoms with Gasteiger partial charge in [0, 0.05) is 6.04 Å². The zero-order valence-electron chi connectivity index (χ0n) is 11.0. The maximum Gasteiger partial charge on any atom is 0.201 e. The van der Waals surface area contributed by atoms with Crippen molar-refractivity contribution >= 4 is 17.0 Å². The fourth-order valence-electron chi connectivity index (χ4n) is 2.37. The first-order valence-corrected chi connectivity index (χ1v) is 6.56. The fraction of sp³-hybridized carbons (Fsp3) is 0.500. The van der Waals surface area contributed by atoms with Gasteiger partial charge in [-0.2, -0.15) is 0 Å². The molecule has 0 amide bonds. The van der Waals surface area contributed by atoms with Gasteiger partial charge in [0.1, 0.15) is 5.82 Å². The lowest BCUT2D eigenvalue weighted by molar-refractivity contribution is 0.491. The highest BCUT2D eigenvalue weighted by molar-refractivity contribution is 5.78. The molecule has 0 saturated heterocycles. The van der Waals surface area contributed by atoms with E-state index in [1.54, 1.807) is 6.07 Å². The van der Waals surface area contributed by atoms with E-state index in [1.807, 2.05) is 4.57 Å².